The van der Waals surface area contributed by atoms with Crippen molar-refractivity contribution >= 4 is 5.82 Å². The molecule has 4 nitrogen and oxygen atoms in total. The minimum absolute atomic E-state index is 0.542. The molecule has 0 saturated carbocycles. The van der Waals surface area contributed by atoms with E-state index in [4.69, 9.17) is 10.5 Å². The highest BCUT2D eigenvalue weighted by atomic mass is 16.5. The molecule has 0 radical (unpaired) electrons. The van der Waals surface area contributed by atoms with Crippen LogP contribution in [0.25, 0.3) is 11.3 Å². The van der Waals surface area contributed by atoms with Crippen molar-refractivity contribution in [2.24, 2.45) is 0 Å². The minimum Gasteiger partial charge on any atom is -0.497 e. The highest BCUT2D eigenvalue weighted by Crippen LogP contribution is 2.27. The summed E-state index contributed by atoms with van der Waals surface area (Å²) < 4.78 is 5.21. The first-order valence-electron chi connectivity index (χ1n) is 5.50. The van der Waals surface area contributed by atoms with Gasteiger partial charge < -0.3 is 10.5 Å². The number of aromatic nitrogens is 2. The van der Waals surface area contributed by atoms with Crippen molar-refractivity contribution in [3.63, 3.8) is 0 Å². The summed E-state index contributed by atoms with van der Waals surface area (Å²) in [7, 11) is 1.65. The average molecular weight is 229 g/mol. The molecule has 1 aromatic heterocycles. The Kier molecular flexibility index (Phi) is 3.23. The lowest BCUT2D eigenvalue weighted by Gasteiger charge is -2.09. The van der Waals surface area contributed by atoms with Crippen LogP contribution in [0.3, 0.4) is 0 Å². The summed E-state index contributed by atoms with van der Waals surface area (Å²) in [6.45, 7) is 2.04. The maximum atomic E-state index is 5.86. The predicted molar refractivity (Wildman–Crippen MR) is 67.8 cm³/mol. The summed E-state index contributed by atoms with van der Waals surface area (Å²) in [5.74, 6) is 1.35. The van der Waals surface area contributed by atoms with Gasteiger partial charge >= 0.3 is 0 Å². The van der Waals surface area contributed by atoms with Gasteiger partial charge in [0.2, 0.25) is 0 Å². The highest BCUT2D eigenvalue weighted by molar-refractivity contribution is 5.68. The fraction of sp³-hybridized carbons (Fsp3) is 0.231. The standard InChI is InChI=1S/C13H15N3O/c1-3-11-12(15-8-16-13(11)14)9-5-4-6-10(7-9)17-2/h4-8H,3H2,1-2H3,(H2,14,15,16). The summed E-state index contributed by atoms with van der Waals surface area (Å²) in [4.78, 5) is 8.32. The van der Waals surface area contributed by atoms with E-state index in [1.165, 1.54) is 6.33 Å². The Hall–Kier alpha value is -2.10. The lowest BCUT2D eigenvalue weighted by atomic mass is 10.0. The maximum absolute atomic E-state index is 5.86. The van der Waals surface area contributed by atoms with Crippen molar-refractivity contribution < 1.29 is 4.74 Å². The molecule has 0 aliphatic rings. The Morgan fingerprint density at radius 2 is 2.12 bits per heavy atom. The van der Waals surface area contributed by atoms with Crippen LogP contribution in [0.2, 0.25) is 0 Å². The number of ether oxygens (including phenoxy) is 1. The van der Waals surface area contributed by atoms with Gasteiger partial charge in [-0.2, -0.15) is 0 Å². The number of nitrogens with two attached hydrogens (primary N) is 1. The average Bonchev–Trinajstić information content (AvgIpc) is 2.38. The number of rotatable bonds is 3. The summed E-state index contributed by atoms with van der Waals surface area (Å²) in [5.41, 5.74) is 8.70. The number of anilines is 1. The van der Waals surface area contributed by atoms with E-state index in [0.717, 1.165) is 29.0 Å². The second kappa shape index (κ2) is 4.82. The third-order valence-electron chi connectivity index (χ3n) is 2.68. The third kappa shape index (κ3) is 2.20. The summed E-state index contributed by atoms with van der Waals surface area (Å²) in [6.07, 6.45) is 2.29. The molecule has 88 valence electrons. The van der Waals surface area contributed by atoms with Crippen molar-refractivity contribution in [3.05, 3.63) is 36.2 Å². The highest BCUT2D eigenvalue weighted by Gasteiger charge is 2.09. The Morgan fingerprint density at radius 3 is 2.82 bits per heavy atom. The number of methoxy groups -OCH3 is 1. The predicted octanol–water partition coefficient (Wildman–Crippen LogP) is 2.30. The molecule has 0 amide bonds. The third-order valence-corrected chi connectivity index (χ3v) is 2.68. The van der Waals surface area contributed by atoms with E-state index in [0.29, 0.717) is 5.82 Å². The molecular formula is C13H15N3O. The van der Waals surface area contributed by atoms with Gasteiger partial charge in [-0.1, -0.05) is 19.1 Å². The smallest absolute Gasteiger partial charge is 0.130 e. The monoisotopic (exact) mass is 229 g/mol. The van der Waals surface area contributed by atoms with Gasteiger partial charge in [0.05, 0.1) is 12.8 Å². The van der Waals surface area contributed by atoms with Crippen LogP contribution in [0.4, 0.5) is 5.82 Å². The molecule has 2 rings (SSSR count). The summed E-state index contributed by atoms with van der Waals surface area (Å²) >= 11 is 0. The van der Waals surface area contributed by atoms with Gasteiger partial charge in [-0.3, -0.25) is 0 Å². The Morgan fingerprint density at radius 1 is 1.29 bits per heavy atom. The van der Waals surface area contributed by atoms with Crippen molar-refractivity contribution in [2.45, 2.75) is 13.3 Å². The Bertz CT molecular complexity index is 526. The normalized spacial score (nSPS) is 10.2. The lowest BCUT2D eigenvalue weighted by molar-refractivity contribution is 0.415. The first-order chi connectivity index (χ1) is 8.26. The Labute approximate surface area is 100 Å². The molecule has 0 bridgehead atoms. The van der Waals surface area contributed by atoms with Crippen LogP contribution < -0.4 is 10.5 Å². The number of hydrogen-bond donors (Lipinski definition) is 1. The van der Waals surface area contributed by atoms with Gasteiger partial charge in [0.1, 0.15) is 17.9 Å². The fourth-order valence-electron chi connectivity index (χ4n) is 1.79. The van der Waals surface area contributed by atoms with Crippen LogP contribution in [-0.4, -0.2) is 17.1 Å². The molecule has 0 saturated heterocycles. The van der Waals surface area contributed by atoms with Crippen molar-refractivity contribution in [2.75, 3.05) is 12.8 Å². The van der Waals surface area contributed by atoms with Crippen molar-refractivity contribution in [1.82, 2.24) is 9.97 Å². The zero-order valence-corrected chi connectivity index (χ0v) is 9.97. The quantitative estimate of drug-likeness (QED) is 0.877. The second-order valence-corrected chi connectivity index (χ2v) is 3.67. The molecule has 2 aromatic rings. The van der Waals surface area contributed by atoms with E-state index in [9.17, 15) is 0 Å². The number of hydrogen-bond acceptors (Lipinski definition) is 4. The molecule has 2 N–H and O–H groups in total. The zero-order chi connectivity index (χ0) is 12.3. The molecule has 4 heteroatoms. The van der Waals surface area contributed by atoms with E-state index in [1.54, 1.807) is 7.11 Å². The molecule has 0 spiro atoms. The van der Waals surface area contributed by atoms with Gasteiger partial charge in [-0.05, 0) is 18.6 Å². The first kappa shape index (κ1) is 11.4. The number of nitrogen functional groups attached to an aromatic ring is 1. The molecule has 17 heavy (non-hydrogen) atoms. The molecule has 1 aromatic carbocycles. The second-order valence-electron chi connectivity index (χ2n) is 3.67. The van der Waals surface area contributed by atoms with Crippen molar-refractivity contribution in [3.8, 4) is 17.0 Å². The number of nitrogens with zero attached hydrogens (tertiary/aromatic N) is 2. The summed E-state index contributed by atoms with van der Waals surface area (Å²) in [5, 5.41) is 0. The fourth-order valence-corrected chi connectivity index (χ4v) is 1.79. The van der Waals surface area contributed by atoms with E-state index in [1.807, 2.05) is 31.2 Å². The van der Waals surface area contributed by atoms with Crippen LogP contribution in [0.15, 0.2) is 30.6 Å². The largest absolute Gasteiger partial charge is 0.497 e. The van der Waals surface area contributed by atoms with Crippen LogP contribution >= 0.6 is 0 Å². The van der Waals surface area contributed by atoms with E-state index >= 15 is 0 Å². The van der Waals surface area contributed by atoms with Crippen molar-refractivity contribution in [1.29, 1.82) is 0 Å². The Balaban J connectivity index is 2.55. The van der Waals surface area contributed by atoms with E-state index in [2.05, 4.69) is 9.97 Å². The topological polar surface area (TPSA) is 61.0 Å². The lowest BCUT2D eigenvalue weighted by Crippen LogP contribution is -2.01. The van der Waals surface area contributed by atoms with Gasteiger partial charge in [0.15, 0.2) is 0 Å². The molecule has 0 atom stereocenters. The van der Waals surface area contributed by atoms with E-state index < -0.39 is 0 Å². The van der Waals surface area contributed by atoms with Gasteiger partial charge in [-0.25, -0.2) is 9.97 Å². The van der Waals surface area contributed by atoms with Crippen LogP contribution in [0.5, 0.6) is 5.75 Å². The zero-order valence-electron chi connectivity index (χ0n) is 9.97. The molecule has 0 aliphatic carbocycles. The molecule has 1 heterocycles. The van der Waals surface area contributed by atoms with Gasteiger partial charge in [0.25, 0.3) is 0 Å². The molecule has 0 unspecified atom stereocenters. The molecule has 0 aliphatic heterocycles. The minimum atomic E-state index is 0.542. The van der Waals surface area contributed by atoms with Crippen LogP contribution in [0.1, 0.15) is 12.5 Å². The van der Waals surface area contributed by atoms with Gasteiger partial charge in [0, 0.05) is 11.1 Å². The van der Waals surface area contributed by atoms with E-state index in [-0.39, 0.29) is 0 Å². The summed E-state index contributed by atoms with van der Waals surface area (Å²) in [6, 6.07) is 7.77. The first-order valence-corrected chi connectivity index (χ1v) is 5.50. The molecular weight excluding hydrogens is 214 g/mol. The van der Waals surface area contributed by atoms with Gasteiger partial charge in [-0.15, -0.1) is 0 Å². The number of benzene rings is 1. The molecule has 0 fully saturated rings. The SMILES string of the molecule is CCc1c(N)ncnc1-c1cccc(OC)c1. The van der Waals surface area contributed by atoms with Crippen LogP contribution in [0, 0.1) is 0 Å². The van der Waals surface area contributed by atoms with Crippen LogP contribution in [-0.2, 0) is 6.42 Å². The maximum Gasteiger partial charge on any atom is 0.130 e.